The van der Waals surface area contributed by atoms with Crippen molar-refractivity contribution in [2.75, 3.05) is 0 Å². The number of amides is 1. The molecule has 3 aromatic rings. The Balaban J connectivity index is 1.32. The van der Waals surface area contributed by atoms with Crippen LogP contribution in [-0.4, -0.2) is 12.1 Å². The summed E-state index contributed by atoms with van der Waals surface area (Å²) in [4.78, 5) is 12.4. The molecular weight excluding hydrogens is 431 g/mol. The number of benzene rings is 2. The van der Waals surface area contributed by atoms with Crippen molar-refractivity contribution in [3.05, 3.63) is 81.5 Å². The summed E-state index contributed by atoms with van der Waals surface area (Å²) in [6, 6.07) is 17.5. The first-order valence-corrected chi connectivity index (χ1v) is 11.0. The average Bonchev–Trinajstić information content (AvgIpc) is 3.40. The highest BCUT2D eigenvalue weighted by atomic mass is 35.5. The first kappa shape index (κ1) is 21.7. The second-order valence-corrected chi connectivity index (χ2v) is 9.70. The van der Waals surface area contributed by atoms with Crippen molar-refractivity contribution >= 4 is 35.3 Å². The van der Waals surface area contributed by atoms with E-state index in [1.807, 2.05) is 12.1 Å². The molecule has 0 radical (unpaired) electrons. The highest BCUT2D eigenvalue weighted by Gasteiger charge is 2.44. The van der Waals surface area contributed by atoms with Crippen molar-refractivity contribution in [1.29, 1.82) is 0 Å². The van der Waals surface area contributed by atoms with Gasteiger partial charge in [-0.25, -0.2) is 5.43 Å². The Morgan fingerprint density at radius 1 is 1.06 bits per heavy atom. The number of rotatable bonds is 5. The molecule has 1 heterocycles. The number of nitrogens with zero attached hydrogens (tertiary/aromatic N) is 1. The van der Waals surface area contributed by atoms with Crippen molar-refractivity contribution in [3.8, 4) is 11.3 Å². The van der Waals surface area contributed by atoms with Gasteiger partial charge in [-0.15, -0.1) is 0 Å². The molecule has 1 aliphatic rings. The molecule has 4 rings (SSSR count). The van der Waals surface area contributed by atoms with Gasteiger partial charge >= 0.3 is 0 Å². The van der Waals surface area contributed by atoms with Crippen LogP contribution < -0.4 is 5.43 Å². The van der Waals surface area contributed by atoms with Crippen LogP contribution >= 0.6 is 23.2 Å². The van der Waals surface area contributed by atoms with E-state index in [1.54, 1.807) is 18.2 Å². The third-order valence-electron chi connectivity index (χ3n) is 5.53. The Morgan fingerprint density at radius 2 is 1.81 bits per heavy atom. The predicted octanol–water partition coefficient (Wildman–Crippen LogP) is 6.80. The summed E-state index contributed by atoms with van der Waals surface area (Å²) in [5, 5.41) is 5.00. The SMILES string of the molecule is CC(C)(C)c1ccc([C@@H]2C[C@H]2C(=O)NN=Cc2ccc(-c3ccc(Cl)c(Cl)c3)o2)cc1. The average molecular weight is 455 g/mol. The second-order valence-electron chi connectivity index (χ2n) is 8.89. The van der Waals surface area contributed by atoms with Crippen LogP contribution in [0.4, 0.5) is 0 Å². The number of hydrogen-bond acceptors (Lipinski definition) is 3. The van der Waals surface area contributed by atoms with Gasteiger partial charge in [-0.3, -0.25) is 4.79 Å². The van der Waals surface area contributed by atoms with Gasteiger partial charge in [0, 0.05) is 11.5 Å². The minimum absolute atomic E-state index is 0.0407. The zero-order chi connectivity index (χ0) is 22.2. The van der Waals surface area contributed by atoms with Crippen molar-refractivity contribution in [2.45, 2.75) is 38.5 Å². The molecule has 0 unspecified atom stereocenters. The van der Waals surface area contributed by atoms with Crippen molar-refractivity contribution in [1.82, 2.24) is 5.43 Å². The summed E-state index contributed by atoms with van der Waals surface area (Å²) in [7, 11) is 0. The number of nitrogens with one attached hydrogen (secondary N) is 1. The van der Waals surface area contributed by atoms with Crippen LogP contribution in [0.5, 0.6) is 0 Å². The molecular formula is C25H24Cl2N2O2. The van der Waals surface area contributed by atoms with E-state index in [2.05, 4.69) is 55.6 Å². The van der Waals surface area contributed by atoms with Gasteiger partial charge in [0.15, 0.2) is 0 Å². The van der Waals surface area contributed by atoms with Crippen LogP contribution in [0.3, 0.4) is 0 Å². The van der Waals surface area contributed by atoms with Crippen LogP contribution in [0.15, 0.2) is 64.1 Å². The van der Waals surface area contributed by atoms with Gasteiger partial charge in [-0.1, -0.05) is 68.2 Å². The highest BCUT2D eigenvalue weighted by Crippen LogP contribution is 2.47. The normalized spacial score (nSPS) is 18.4. The van der Waals surface area contributed by atoms with Crippen LogP contribution in [0.1, 0.15) is 50.0 Å². The minimum Gasteiger partial charge on any atom is -0.455 e. The molecule has 2 atom stereocenters. The Morgan fingerprint density at radius 3 is 2.48 bits per heavy atom. The third kappa shape index (κ3) is 5.03. The lowest BCUT2D eigenvalue weighted by Gasteiger charge is -2.19. The number of furan rings is 1. The standard InChI is InChI=1S/C25H24Cl2N2O2/c1-25(2,3)17-7-4-15(5-8-17)19-13-20(19)24(30)29-28-14-18-9-11-23(31-18)16-6-10-21(26)22(27)12-16/h4-12,14,19-20H,13H2,1-3H3,(H,29,30)/t19-,20+/m0/s1. The molecule has 160 valence electrons. The molecule has 0 aliphatic heterocycles. The van der Waals surface area contributed by atoms with Crippen molar-refractivity contribution in [2.24, 2.45) is 11.0 Å². The minimum atomic E-state index is -0.0718. The molecule has 1 amide bonds. The van der Waals surface area contributed by atoms with E-state index in [4.69, 9.17) is 27.6 Å². The summed E-state index contributed by atoms with van der Waals surface area (Å²) in [5.41, 5.74) is 6.06. The van der Waals surface area contributed by atoms with Crippen molar-refractivity contribution in [3.63, 3.8) is 0 Å². The quantitative estimate of drug-likeness (QED) is 0.340. The maximum Gasteiger partial charge on any atom is 0.243 e. The summed E-state index contributed by atoms with van der Waals surface area (Å²) < 4.78 is 5.75. The molecule has 0 saturated heterocycles. The first-order chi connectivity index (χ1) is 14.7. The number of carbonyl (C=O) groups is 1. The number of carbonyl (C=O) groups excluding carboxylic acids is 1. The summed E-state index contributed by atoms with van der Waals surface area (Å²) in [5.74, 6) is 1.33. The highest BCUT2D eigenvalue weighted by molar-refractivity contribution is 6.42. The molecule has 6 heteroatoms. The maximum atomic E-state index is 12.4. The predicted molar refractivity (Wildman–Crippen MR) is 126 cm³/mol. The van der Waals surface area contributed by atoms with Gasteiger partial charge in [0.1, 0.15) is 11.5 Å². The van der Waals surface area contributed by atoms with Gasteiger partial charge in [0.05, 0.1) is 16.3 Å². The van der Waals surface area contributed by atoms with Crippen LogP contribution in [0.2, 0.25) is 10.0 Å². The largest absolute Gasteiger partial charge is 0.455 e. The van der Waals surface area contributed by atoms with Gasteiger partial charge in [0.25, 0.3) is 0 Å². The Hall–Kier alpha value is -2.56. The fraction of sp³-hybridized carbons (Fsp3) is 0.280. The molecule has 0 spiro atoms. The summed E-state index contributed by atoms with van der Waals surface area (Å²) in [6.07, 6.45) is 2.34. The second kappa shape index (κ2) is 8.52. The van der Waals surface area contributed by atoms with E-state index < -0.39 is 0 Å². The monoisotopic (exact) mass is 454 g/mol. The molecule has 1 fully saturated rings. The first-order valence-electron chi connectivity index (χ1n) is 10.2. The number of halogens is 2. The molecule has 1 aliphatic carbocycles. The Labute approximate surface area is 192 Å². The van der Waals surface area contributed by atoms with Crippen LogP contribution in [0.25, 0.3) is 11.3 Å². The molecule has 4 nitrogen and oxygen atoms in total. The van der Waals surface area contributed by atoms with E-state index in [9.17, 15) is 4.79 Å². The van der Waals surface area contributed by atoms with Crippen molar-refractivity contribution < 1.29 is 9.21 Å². The van der Waals surface area contributed by atoms with Gasteiger partial charge < -0.3 is 4.42 Å². The van der Waals surface area contributed by atoms with Gasteiger partial charge in [-0.05, 0) is 59.2 Å². The summed E-state index contributed by atoms with van der Waals surface area (Å²) >= 11 is 12.0. The third-order valence-corrected chi connectivity index (χ3v) is 6.27. The number of hydrazone groups is 1. The molecule has 0 bridgehead atoms. The molecule has 1 saturated carbocycles. The molecule has 1 N–H and O–H groups in total. The Kier molecular flexibility index (Phi) is 5.96. The van der Waals surface area contributed by atoms with E-state index in [1.165, 1.54) is 17.3 Å². The van der Waals surface area contributed by atoms with E-state index in [-0.39, 0.29) is 23.2 Å². The van der Waals surface area contributed by atoms with Gasteiger partial charge in [0.2, 0.25) is 5.91 Å². The molecule has 1 aromatic heterocycles. The maximum absolute atomic E-state index is 12.4. The van der Waals surface area contributed by atoms with E-state index >= 15 is 0 Å². The lowest BCUT2D eigenvalue weighted by molar-refractivity contribution is -0.122. The van der Waals surface area contributed by atoms with Crippen LogP contribution in [0, 0.1) is 5.92 Å². The van der Waals surface area contributed by atoms with E-state index in [0.29, 0.717) is 21.6 Å². The lowest BCUT2D eigenvalue weighted by Crippen LogP contribution is -2.20. The zero-order valence-electron chi connectivity index (χ0n) is 17.7. The van der Waals surface area contributed by atoms with E-state index in [0.717, 1.165) is 12.0 Å². The Bertz CT molecular complexity index is 1130. The van der Waals surface area contributed by atoms with Gasteiger partial charge in [-0.2, -0.15) is 5.10 Å². The fourth-order valence-corrected chi connectivity index (χ4v) is 3.85. The zero-order valence-corrected chi connectivity index (χ0v) is 19.2. The number of hydrogen-bond donors (Lipinski definition) is 1. The fourth-order valence-electron chi connectivity index (χ4n) is 3.55. The molecule has 2 aromatic carbocycles. The topological polar surface area (TPSA) is 54.6 Å². The smallest absolute Gasteiger partial charge is 0.243 e. The van der Waals surface area contributed by atoms with Crippen LogP contribution in [-0.2, 0) is 10.2 Å². The lowest BCUT2D eigenvalue weighted by atomic mass is 9.86. The summed E-state index contributed by atoms with van der Waals surface area (Å²) in [6.45, 7) is 6.58. The molecule has 31 heavy (non-hydrogen) atoms.